The Bertz CT molecular complexity index is 400. The van der Waals surface area contributed by atoms with Gasteiger partial charge >= 0.3 is 0 Å². The molecule has 1 saturated heterocycles. The van der Waals surface area contributed by atoms with Crippen LogP contribution in [-0.2, 0) is 11.2 Å². The zero-order chi connectivity index (χ0) is 13.1. The summed E-state index contributed by atoms with van der Waals surface area (Å²) in [6.07, 6.45) is 3.04. The number of ether oxygens (including phenoxy) is 1. The number of rotatable bonds is 3. The van der Waals surface area contributed by atoms with Crippen molar-refractivity contribution < 1.29 is 4.74 Å². The van der Waals surface area contributed by atoms with Gasteiger partial charge in [0.25, 0.3) is 0 Å². The summed E-state index contributed by atoms with van der Waals surface area (Å²) < 4.78 is 5.77. The van der Waals surface area contributed by atoms with E-state index < -0.39 is 0 Å². The molecule has 0 amide bonds. The monoisotopic (exact) mass is 250 g/mol. The lowest BCUT2D eigenvalue weighted by Crippen LogP contribution is -2.46. The molecule has 1 N–H and O–H groups in total. The number of nitrogens with one attached hydrogen (secondary N) is 1. The third-order valence-corrected chi connectivity index (χ3v) is 3.23. The summed E-state index contributed by atoms with van der Waals surface area (Å²) in [6, 6.07) is 0. The Labute approximate surface area is 109 Å². The van der Waals surface area contributed by atoms with Crippen molar-refractivity contribution in [3.63, 3.8) is 0 Å². The Hall–Kier alpha value is -1.36. The molecule has 2 atom stereocenters. The Morgan fingerprint density at radius 1 is 1.33 bits per heavy atom. The maximum Gasteiger partial charge on any atom is 0.137 e. The highest BCUT2D eigenvalue weighted by atomic mass is 16.5. The lowest BCUT2D eigenvalue weighted by molar-refractivity contribution is -0.00550. The van der Waals surface area contributed by atoms with Gasteiger partial charge in [0.2, 0.25) is 0 Å². The molecular weight excluding hydrogens is 228 g/mol. The number of anilines is 2. The summed E-state index contributed by atoms with van der Waals surface area (Å²) in [4.78, 5) is 11.1. The summed E-state index contributed by atoms with van der Waals surface area (Å²) in [5, 5.41) is 3.14. The van der Waals surface area contributed by atoms with Crippen molar-refractivity contribution in [1.29, 1.82) is 0 Å². The predicted molar refractivity (Wildman–Crippen MR) is 73.2 cm³/mol. The second kappa shape index (κ2) is 5.52. The molecule has 2 rings (SSSR count). The number of hydrogen-bond acceptors (Lipinski definition) is 5. The summed E-state index contributed by atoms with van der Waals surface area (Å²) >= 11 is 0. The summed E-state index contributed by atoms with van der Waals surface area (Å²) in [5.41, 5.74) is 1.18. The van der Waals surface area contributed by atoms with Crippen molar-refractivity contribution in [1.82, 2.24) is 9.97 Å². The van der Waals surface area contributed by atoms with E-state index in [1.54, 1.807) is 6.33 Å². The summed E-state index contributed by atoms with van der Waals surface area (Å²) in [6.45, 7) is 8.12. The van der Waals surface area contributed by atoms with E-state index in [2.05, 4.69) is 41.0 Å². The quantitative estimate of drug-likeness (QED) is 0.884. The highest BCUT2D eigenvalue weighted by Crippen LogP contribution is 2.26. The summed E-state index contributed by atoms with van der Waals surface area (Å²) in [7, 11) is 1.90. The Kier molecular flexibility index (Phi) is 4.01. The van der Waals surface area contributed by atoms with Crippen LogP contribution >= 0.6 is 0 Å². The zero-order valence-electron chi connectivity index (χ0n) is 11.6. The highest BCUT2D eigenvalue weighted by Gasteiger charge is 2.25. The minimum atomic E-state index is 0.242. The molecule has 5 nitrogen and oxygen atoms in total. The van der Waals surface area contributed by atoms with Gasteiger partial charge in [-0.2, -0.15) is 0 Å². The Balaban J connectivity index is 2.32. The molecule has 5 heteroatoms. The van der Waals surface area contributed by atoms with E-state index in [4.69, 9.17) is 4.74 Å². The lowest BCUT2D eigenvalue weighted by Gasteiger charge is -2.37. The van der Waals surface area contributed by atoms with Crippen LogP contribution in [0.15, 0.2) is 6.33 Å². The minimum absolute atomic E-state index is 0.242. The normalized spacial score (nSPS) is 24.1. The van der Waals surface area contributed by atoms with Crippen LogP contribution in [-0.4, -0.2) is 42.3 Å². The Morgan fingerprint density at radius 3 is 2.56 bits per heavy atom. The second-order valence-corrected chi connectivity index (χ2v) is 4.79. The first kappa shape index (κ1) is 13.1. The van der Waals surface area contributed by atoms with Gasteiger partial charge in [0.15, 0.2) is 0 Å². The zero-order valence-corrected chi connectivity index (χ0v) is 11.6. The molecule has 2 heterocycles. The molecule has 0 bridgehead atoms. The lowest BCUT2D eigenvalue weighted by atomic mass is 10.1. The molecule has 100 valence electrons. The van der Waals surface area contributed by atoms with Gasteiger partial charge in [-0.1, -0.05) is 6.92 Å². The van der Waals surface area contributed by atoms with Crippen LogP contribution in [0.25, 0.3) is 0 Å². The Morgan fingerprint density at radius 2 is 2.00 bits per heavy atom. The van der Waals surface area contributed by atoms with Crippen LogP contribution < -0.4 is 10.2 Å². The van der Waals surface area contributed by atoms with E-state index in [9.17, 15) is 0 Å². The largest absolute Gasteiger partial charge is 0.373 e. The van der Waals surface area contributed by atoms with Crippen LogP contribution in [0.2, 0.25) is 0 Å². The maximum atomic E-state index is 5.77. The van der Waals surface area contributed by atoms with E-state index in [0.717, 1.165) is 31.1 Å². The fourth-order valence-corrected chi connectivity index (χ4v) is 2.57. The fraction of sp³-hybridized carbons (Fsp3) is 0.692. The SMILES string of the molecule is CCc1c(NC)ncnc1N1C[C@@H](C)O[C@@H](C)C1. The van der Waals surface area contributed by atoms with Crippen molar-refractivity contribution in [3.8, 4) is 0 Å². The van der Waals surface area contributed by atoms with E-state index in [-0.39, 0.29) is 12.2 Å². The first-order valence-corrected chi connectivity index (χ1v) is 6.57. The van der Waals surface area contributed by atoms with E-state index >= 15 is 0 Å². The molecule has 0 spiro atoms. The molecule has 0 aliphatic carbocycles. The van der Waals surface area contributed by atoms with Gasteiger partial charge in [-0.3, -0.25) is 0 Å². The van der Waals surface area contributed by atoms with Crippen LogP contribution in [0.5, 0.6) is 0 Å². The van der Waals surface area contributed by atoms with Crippen molar-refractivity contribution in [3.05, 3.63) is 11.9 Å². The van der Waals surface area contributed by atoms with E-state index in [1.807, 2.05) is 7.05 Å². The first-order chi connectivity index (χ1) is 8.65. The molecule has 1 aliphatic rings. The highest BCUT2D eigenvalue weighted by molar-refractivity contribution is 5.58. The molecule has 0 aromatic carbocycles. The third kappa shape index (κ3) is 2.56. The molecular formula is C13H22N4O. The maximum absolute atomic E-state index is 5.77. The van der Waals surface area contributed by atoms with Gasteiger partial charge in [0.1, 0.15) is 18.0 Å². The average molecular weight is 250 g/mol. The van der Waals surface area contributed by atoms with Crippen molar-refractivity contribution >= 4 is 11.6 Å². The molecule has 1 fully saturated rings. The fourth-order valence-electron chi connectivity index (χ4n) is 2.57. The third-order valence-electron chi connectivity index (χ3n) is 3.23. The molecule has 18 heavy (non-hydrogen) atoms. The smallest absolute Gasteiger partial charge is 0.137 e. The minimum Gasteiger partial charge on any atom is -0.373 e. The van der Waals surface area contributed by atoms with Gasteiger partial charge < -0.3 is 15.0 Å². The molecule has 1 aliphatic heterocycles. The van der Waals surface area contributed by atoms with Gasteiger partial charge in [0.05, 0.1) is 12.2 Å². The first-order valence-electron chi connectivity index (χ1n) is 6.57. The molecule has 0 saturated carbocycles. The molecule has 0 radical (unpaired) electrons. The van der Waals surface area contributed by atoms with Gasteiger partial charge in [-0.15, -0.1) is 0 Å². The second-order valence-electron chi connectivity index (χ2n) is 4.79. The summed E-state index contributed by atoms with van der Waals surface area (Å²) in [5.74, 6) is 1.97. The molecule has 1 aromatic heterocycles. The standard InChI is InChI=1S/C13H22N4O/c1-5-11-12(14-4)15-8-16-13(11)17-6-9(2)18-10(3)7-17/h8-10H,5-7H2,1-4H3,(H,14,15,16)/t9-,10+. The van der Waals surface area contributed by atoms with Gasteiger partial charge in [0, 0.05) is 25.7 Å². The van der Waals surface area contributed by atoms with Crippen LogP contribution in [0.4, 0.5) is 11.6 Å². The van der Waals surface area contributed by atoms with Crippen LogP contribution in [0.3, 0.4) is 0 Å². The molecule has 1 aromatic rings. The van der Waals surface area contributed by atoms with E-state index in [1.165, 1.54) is 5.56 Å². The number of aromatic nitrogens is 2. The van der Waals surface area contributed by atoms with Crippen molar-refractivity contribution in [2.45, 2.75) is 39.4 Å². The molecule has 0 unspecified atom stereocenters. The van der Waals surface area contributed by atoms with E-state index in [0.29, 0.717) is 0 Å². The van der Waals surface area contributed by atoms with Crippen LogP contribution in [0.1, 0.15) is 26.3 Å². The average Bonchev–Trinajstić information content (AvgIpc) is 2.36. The van der Waals surface area contributed by atoms with Crippen molar-refractivity contribution in [2.24, 2.45) is 0 Å². The van der Waals surface area contributed by atoms with Crippen LogP contribution in [0, 0.1) is 0 Å². The van der Waals surface area contributed by atoms with Crippen molar-refractivity contribution in [2.75, 3.05) is 30.4 Å². The van der Waals surface area contributed by atoms with Gasteiger partial charge in [-0.05, 0) is 20.3 Å². The number of hydrogen-bond donors (Lipinski definition) is 1. The number of nitrogens with zero attached hydrogens (tertiary/aromatic N) is 3. The number of morpholine rings is 1. The topological polar surface area (TPSA) is 50.3 Å². The predicted octanol–water partition coefficient (Wildman–Crippen LogP) is 1.69. The van der Waals surface area contributed by atoms with Gasteiger partial charge in [-0.25, -0.2) is 9.97 Å².